The number of ether oxygens (including phenoxy) is 1. The Balaban J connectivity index is 1.77. The van der Waals surface area contributed by atoms with Crippen molar-refractivity contribution in [2.75, 3.05) is 6.61 Å². The summed E-state index contributed by atoms with van der Waals surface area (Å²) >= 11 is 0. The topological polar surface area (TPSA) is 22.1 Å². The van der Waals surface area contributed by atoms with Crippen LogP contribution in [0.3, 0.4) is 0 Å². The Labute approximate surface area is 119 Å². The number of hydrogen-bond donors (Lipinski definition) is 0. The van der Waals surface area contributed by atoms with E-state index >= 15 is 0 Å². The van der Waals surface area contributed by atoms with Crippen LogP contribution in [0.4, 0.5) is 0 Å². The minimum Gasteiger partial charge on any atom is -0.493 e. The minimum absolute atomic E-state index is 0.678. The number of nitrogens with zero attached hydrogens (tertiary/aromatic N) is 1. The summed E-state index contributed by atoms with van der Waals surface area (Å²) < 4.78 is 5.96. The van der Waals surface area contributed by atoms with E-state index in [1.54, 1.807) is 0 Å². The number of pyridine rings is 1. The quantitative estimate of drug-likeness (QED) is 0.705. The molecule has 0 unspecified atom stereocenters. The fourth-order valence-electron chi connectivity index (χ4n) is 2.38. The van der Waals surface area contributed by atoms with Crippen molar-refractivity contribution in [3.05, 3.63) is 72.1 Å². The largest absolute Gasteiger partial charge is 0.493 e. The van der Waals surface area contributed by atoms with Crippen LogP contribution in [0.2, 0.25) is 0 Å². The first-order chi connectivity index (χ1) is 9.84. The van der Waals surface area contributed by atoms with E-state index in [-0.39, 0.29) is 0 Å². The molecule has 0 aliphatic rings. The van der Waals surface area contributed by atoms with Crippen LogP contribution < -0.4 is 4.74 Å². The van der Waals surface area contributed by atoms with E-state index in [0.717, 1.165) is 12.2 Å². The fourth-order valence-corrected chi connectivity index (χ4v) is 2.38. The van der Waals surface area contributed by atoms with E-state index in [2.05, 4.69) is 48.3 Å². The maximum atomic E-state index is 5.96. The van der Waals surface area contributed by atoms with E-state index in [0.29, 0.717) is 6.61 Å². The lowest BCUT2D eigenvalue weighted by atomic mass is 10.0. The van der Waals surface area contributed by atoms with Gasteiger partial charge in [-0.3, -0.25) is 4.98 Å². The molecule has 20 heavy (non-hydrogen) atoms. The van der Waals surface area contributed by atoms with Crippen LogP contribution in [-0.4, -0.2) is 11.6 Å². The lowest BCUT2D eigenvalue weighted by Gasteiger charge is -2.11. The summed E-state index contributed by atoms with van der Waals surface area (Å²) in [6, 6.07) is 16.6. The molecule has 2 aromatic carbocycles. The maximum Gasteiger partial charge on any atom is 0.127 e. The zero-order valence-electron chi connectivity index (χ0n) is 11.5. The average Bonchev–Trinajstić information content (AvgIpc) is 2.51. The van der Waals surface area contributed by atoms with Gasteiger partial charge >= 0.3 is 0 Å². The van der Waals surface area contributed by atoms with Gasteiger partial charge < -0.3 is 4.74 Å². The molecule has 0 aliphatic heterocycles. The molecule has 1 heterocycles. The van der Waals surface area contributed by atoms with Crippen LogP contribution in [0, 0.1) is 6.92 Å². The van der Waals surface area contributed by atoms with Crippen molar-refractivity contribution >= 4 is 10.8 Å². The second-order valence-corrected chi connectivity index (χ2v) is 4.88. The van der Waals surface area contributed by atoms with Crippen LogP contribution in [0.15, 0.2) is 60.9 Å². The van der Waals surface area contributed by atoms with Crippen molar-refractivity contribution in [2.45, 2.75) is 13.3 Å². The number of rotatable bonds is 4. The Kier molecular flexibility index (Phi) is 3.64. The molecule has 0 spiro atoms. The Hall–Kier alpha value is -2.35. The predicted octanol–water partition coefficient (Wildman–Crippen LogP) is 4.16. The van der Waals surface area contributed by atoms with Crippen molar-refractivity contribution in [1.29, 1.82) is 0 Å². The summed E-state index contributed by atoms with van der Waals surface area (Å²) in [6.07, 6.45) is 4.53. The van der Waals surface area contributed by atoms with Gasteiger partial charge in [0.1, 0.15) is 5.75 Å². The zero-order chi connectivity index (χ0) is 13.8. The van der Waals surface area contributed by atoms with Gasteiger partial charge in [0.2, 0.25) is 0 Å². The molecule has 100 valence electrons. The highest BCUT2D eigenvalue weighted by Crippen LogP contribution is 2.28. The minimum atomic E-state index is 0.678. The molecule has 2 nitrogen and oxygen atoms in total. The van der Waals surface area contributed by atoms with Gasteiger partial charge in [-0.25, -0.2) is 0 Å². The smallest absolute Gasteiger partial charge is 0.127 e. The SMILES string of the molecule is Cc1ccc(OCCc2ccncc2)c2ccccc12. The second-order valence-electron chi connectivity index (χ2n) is 4.88. The number of fused-ring (bicyclic) bond motifs is 1. The van der Waals surface area contributed by atoms with Gasteiger partial charge in [-0.1, -0.05) is 30.3 Å². The number of aryl methyl sites for hydroxylation is 1. The van der Waals surface area contributed by atoms with Crippen LogP contribution in [0.5, 0.6) is 5.75 Å². The van der Waals surface area contributed by atoms with Gasteiger partial charge in [0.15, 0.2) is 0 Å². The molecule has 0 aliphatic carbocycles. The van der Waals surface area contributed by atoms with Crippen molar-refractivity contribution in [2.24, 2.45) is 0 Å². The molecule has 0 atom stereocenters. The van der Waals surface area contributed by atoms with Crippen molar-refractivity contribution in [1.82, 2.24) is 4.98 Å². The number of hydrogen-bond acceptors (Lipinski definition) is 2. The Bertz CT molecular complexity index is 707. The molecule has 1 aromatic heterocycles. The van der Waals surface area contributed by atoms with E-state index in [9.17, 15) is 0 Å². The first-order valence-electron chi connectivity index (χ1n) is 6.84. The first kappa shape index (κ1) is 12.7. The zero-order valence-corrected chi connectivity index (χ0v) is 11.5. The lowest BCUT2D eigenvalue weighted by Crippen LogP contribution is -2.02. The highest BCUT2D eigenvalue weighted by molar-refractivity contribution is 5.90. The van der Waals surface area contributed by atoms with Crippen LogP contribution in [0.25, 0.3) is 10.8 Å². The number of benzene rings is 2. The van der Waals surface area contributed by atoms with E-state index < -0.39 is 0 Å². The summed E-state index contributed by atoms with van der Waals surface area (Å²) in [5, 5.41) is 2.44. The van der Waals surface area contributed by atoms with Gasteiger partial charge in [0.05, 0.1) is 6.61 Å². The highest BCUT2D eigenvalue weighted by atomic mass is 16.5. The Morgan fingerprint density at radius 2 is 1.65 bits per heavy atom. The van der Waals surface area contributed by atoms with Gasteiger partial charge in [0, 0.05) is 24.2 Å². The van der Waals surface area contributed by atoms with Gasteiger partial charge in [-0.15, -0.1) is 0 Å². The molecule has 3 rings (SSSR count). The summed E-state index contributed by atoms with van der Waals surface area (Å²) in [5.74, 6) is 0.959. The lowest BCUT2D eigenvalue weighted by molar-refractivity contribution is 0.325. The van der Waals surface area contributed by atoms with Crippen LogP contribution in [-0.2, 0) is 6.42 Å². The molecular formula is C18H17NO. The summed E-state index contributed by atoms with van der Waals surface area (Å²) in [7, 11) is 0. The van der Waals surface area contributed by atoms with Gasteiger partial charge in [-0.2, -0.15) is 0 Å². The molecule has 0 N–H and O–H groups in total. The molecular weight excluding hydrogens is 246 g/mol. The van der Waals surface area contributed by atoms with Crippen LogP contribution in [0.1, 0.15) is 11.1 Å². The normalized spacial score (nSPS) is 10.7. The Morgan fingerprint density at radius 1 is 0.900 bits per heavy atom. The summed E-state index contributed by atoms with van der Waals surface area (Å²) in [6.45, 7) is 2.81. The maximum absolute atomic E-state index is 5.96. The summed E-state index contributed by atoms with van der Waals surface area (Å²) in [4.78, 5) is 4.02. The molecule has 0 radical (unpaired) electrons. The number of aromatic nitrogens is 1. The molecule has 0 saturated carbocycles. The summed E-state index contributed by atoms with van der Waals surface area (Å²) in [5.41, 5.74) is 2.53. The molecule has 3 aromatic rings. The molecule has 0 amide bonds. The standard InChI is InChI=1S/C18H17NO/c1-14-6-7-18(17-5-3-2-4-16(14)17)20-13-10-15-8-11-19-12-9-15/h2-9,11-12H,10,13H2,1H3. The third-order valence-corrected chi connectivity index (χ3v) is 3.50. The third kappa shape index (κ3) is 2.64. The van der Waals surface area contributed by atoms with Crippen molar-refractivity contribution < 1.29 is 4.74 Å². The molecule has 0 bridgehead atoms. The highest BCUT2D eigenvalue weighted by Gasteiger charge is 2.04. The average molecular weight is 263 g/mol. The first-order valence-corrected chi connectivity index (χ1v) is 6.84. The van der Waals surface area contributed by atoms with E-state index in [1.165, 1.54) is 21.9 Å². The molecule has 0 fully saturated rings. The van der Waals surface area contributed by atoms with E-state index in [4.69, 9.17) is 4.74 Å². The molecule has 0 saturated heterocycles. The van der Waals surface area contributed by atoms with Gasteiger partial charge in [-0.05, 0) is 41.6 Å². The van der Waals surface area contributed by atoms with Gasteiger partial charge in [0.25, 0.3) is 0 Å². The Morgan fingerprint density at radius 3 is 2.45 bits per heavy atom. The van der Waals surface area contributed by atoms with E-state index in [1.807, 2.05) is 24.5 Å². The fraction of sp³-hybridized carbons (Fsp3) is 0.167. The third-order valence-electron chi connectivity index (χ3n) is 3.50. The van der Waals surface area contributed by atoms with Crippen molar-refractivity contribution in [3.63, 3.8) is 0 Å². The molecule has 2 heteroatoms. The monoisotopic (exact) mass is 263 g/mol. The predicted molar refractivity (Wildman–Crippen MR) is 82.1 cm³/mol. The van der Waals surface area contributed by atoms with Crippen molar-refractivity contribution in [3.8, 4) is 5.75 Å². The second kappa shape index (κ2) is 5.74. The van der Waals surface area contributed by atoms with Crippen LogP contribution >= 0.6 is 0 Å².